The van der Waals surface area contributed by atoms with Crippen molar-refractivity contribution in [3.05, 3.63) is 21.4 Å². The van der Waals surface area contributed by atoms with Crippen LogP contribution < -0.4 is 0 Å². The van der Waals surface area contributed by atoms with Crippen molar-refractivity contribution in [3.8, 4) is 0 Å². The number of carbonyl (C=O) groups excluding carboxylic acids is 1. The first-order valence-corrected chi connectivity index (χ1v) is 6.76. The number of carboxylic acid groups (broad SMARTS) is 1. The fourth-order valence-corrected chi connectivity index (χ4v) is 2.84. The van der Waals surface area contributed by atoms with Gasteiger partial charge in [-0.3, -0.25) is 9.59 Å². The summed E-state index contributed by atoms with van der Waals surface area (Å²) in [5.74, 6) is -1.53. The highest BCUT2D eigenvalue weighted by molar-refractivity contribution is 7.14. The van der Waals surface area contributed by atoms with E-state index in [4.69, 9.17) is 5.11 Å². The second-order valence-corrected chi connectivity index (χ2v) is 5.73. The van der Waals surface area contributed by atoms with E-state index in [0.717, 1.165) is 11.3 Å². The molecule has 4 nitrogen and oxygen atoms in total. The molecule has 0 aliphatic carbocycles. The van der Waals surface area contributed by atoms with Crippen molar-refractivity contribution in [2.45, 2.75) is 27.2 Å². The zero-order chi connectivity index (χ0) is 13.9. The van der Waals surface area contributed by atoms with Gasteiger partial charge in [0.15, 0.2) is 0 Å². The summed E-state index contributed by atoms with van der Waals surface area (Å²) in [7, 11) is 1.64. The topological polar surface area (TPSA) is 57.6 Å². The molecule has 0 aliphatic heterocycles. The van der Waals surface area contributed by atoms with Crippen molar-refractivity contribution in [3.63, 3.8) is 0 Å². The minimum absolute atomic E-state index is 0.101. The smallest absolute Gasteiger partial charge is 0.308 e. The normalized spacial score (nSPS) is 12.2. The maximum atomic E-state index is 12.1. The molecule has 1 rings (SSSR count). The molecule has 0 bridgehead atoms. The second-order valence-electron chi connectivity index (χ2n) is 4.47. The average Bonchev–Trinajstić information content (AvgIpc) is 2.69. The molecule has 5 heteroatoms. The van der Waals surface area contributed by atoms with Gasteiger partial charge in [0.05, 0.1) is 10.8 Å². The quantitative estimate of drug-likeness (QED) is 0.893. The number of aliphatic carboxylic acids is 1. The standard InChI is InChI=1S/C13H19NO3S/c1-5-10-6-11(18-9(10)3)12(15)14(4)7-8(2)13(16)17/h6,8H,5,7H2,1-4H3,(H,16,17)/t8-/m1/s1. The highest BCUT2D eigenvalue weighted by Gasteiger charge is 2.20. The number of carbonyl (C=O) groups is 2. The molecule has 0 aliphatic rings. The minimum Gasteiger partial charge on any atom is -0.481 e. The van der Waals surface area contributed by atoms with Gasteiger partial charge in [0.25, 0.3) is 5.91 Å². The van der Waals surface area contributed by atoms with Gasteiger partial charge in [-0.15, -0.1) is 11.3 Å². The van der Waals surface area contributed by atoms with E-state index in [1.165, 1.54) is 21.8 Å². The van der Waals surface area contributed by atoms with Crippen molar-refractivity contribution in [1.29, 1.82) is 0 Å². The first-order chi connectivity index (χ1) is 8.36. The Kier molecular flexibility index (Phi) is 4.90. The average molecular weight is 269 g/mol. The molecule has 1 aromatic heterocycles. The summed E-state index contributed by atoms with van der Waals surface area (Å²) in [6, 6.07) is 1.91. The van der Waals surface area contributed by atoms with Crippen LogP contribution in [0.5, 0.6) is 0 Å². The van der Waals surface area contributed by atoms with Crippen molar-refractivity contribution < 1.29 is 14.7 Å². The van der Waals surface area contributed by atoms with Crippen molar-refractivity contribution in [1.82, 2.24) is 4.90 Å². The SMILES string of the molecule is CCc1cc(C(=O)N(C)C[C@@H](C)C(=O)O)sc1C. The van der Waals surface area contributed by atoms with Gasteiger partial charge >= 0.3 is 5.97 Å². The van der Waals surface area contributed by atoms with Gasteiger partial charge in [-0.1, -0.05) is 13.8 Å². The lowest BCUT2D eigenvalue weighted by atomic mass is 10.1. The third-order valence-corrected chi connectivity index (χ3v) is 4.01. The Balaban J connectivity index is 2.77. The Hall–Kier alpha value is -1.36. The third kappa shape index (κ3) is 3.32. The molecule has 0 aromatic carbocycles. The Morgan fingerprint density at radius 3 is 2.56 bits per heavy atom. The largest absolute Gasteiger partial charge is 0.481 e. The van der Waals surface area contributed by atoms with Crippen LogP contribution in [0.4, 0.5) is 0 Å². The van der Waals surface area contributed by atoms with E-state index in [9.17, 15) is 9.59 Å². The van der Waals surface area contributed by atoms with Crippen molar-refractivity contribution >= 4 is 23.2 Å². The predicted molar refractivity (Wildman–Crippen MR) is 72.2 cm³/mol. The molecule has 0 radical (unpaired) electrons. The zero-order valence-electron chi connectivity index (χ0n) is 11.2. The maximum absolute atomic E-state index is 12.1. The van der Waals surface area contributed by atoms with Crippen molar-refractivity contribution in [2.24, 2.45) is 5.92 Å². The molecule has 0 spiro atoms. The molecule has 1 aromatic rings. The molecule has 0 saturated carbocycles. The van der Waals surface area contributed by atoms with Crippen molar-refractivity contribution in [2.75, 3.05) is 13.6 Å². The molecule has 18 heavy (non-hydrogen) atoms. The van der Waals surface area contributed by atoms with Crippen LogP contribution in [0.25, 0.3) is 0 Å². The number of rotatable bonds is 5. The fourth-order valence-electron chi connectivity index (χ4n) is 1.74. The number of thiophene rings is 1. The molecule has 0 saturated heterocycles. The van der Waals surface area contributed by atoms with Gasteiger partial charge in [0, 0.05) is 18.5 Å². The Morgan fingerprint density at radius 1 is 1.50 bits per heavy atom. The van der Waals surface area contributed by atoms with E-state index in [1.807, 2.05) is 13.0 Å². The molecule has 1 atom stereocenters. The van der Waals surface area contributed by atoms with Crippen LogP contribution in [0.3, 0.4) is 0 Å². The predicted octanol–water partition coefficient (Wildman–Crippen LogP) is 2.41. The fraction of sp³-hybridized carbons (Fsp3) is 0.538. The van der Waals surface area contributed by atoms with Crippen LogP contribution in [-0.4, -0.2) is 35.5 Å². The Bertz CT molecular complexity index is 453. The van der Waals surface area contributed by atoms with E-state index in [2.05, 4.69) is 6.92 Å². The van der Waals surface area contributed by atoms with E-state index >= 15 is 0 Å². The van der Waals surface area contributed by atoms with Gasteiger partial charge in [0.2, 0.25) is 0 Å². The molecular formula is C13H19NO3S. The number of nitrogens with zero attached hydrogens (tertiary/aromatic N) is 1. The number of carboxylic acids is 1. The van der Waals surface area contributed by atoms with Gasteiger partial charge in [-0.05, 0) is 25.0 Å². The summed E-state index contributed by atoms with van der Waals surface area (Å²) < 4.78 is 0. The summed E-state index contributed by atoms with van der Waals surface area (Å²) in [4.78, 5) is 26.2. The van der Waals surface area contributed by atoms with Gasteiger partial charge in [-0.25, -0.2) is 0 Å². The lowest BCUT2D eigenvalue weighted by Gasteiger charge is -2.18. The molecule has 1 heterocycles. The molecular weight excluding hydrogens is 250 g/mol. The van der Waals surface area contributed by atoms with E-state index in [0.29, 0.717) is 4.88 Å². The molecule has 0 fully saturated rings. The minimum atomic E-state index is -0.883. The summed E-state index contributed by atoms with van der Waals surface area (Å²) in [6.45, 7) is 5.88. The van der Waals surface area contributed by atoms with Crippen LogP contribution in [0.2, 0.25) is 0 Å². The summed E-state index contributed by atoms with van der Waals surface area (Å²) >= 11 is 1.47. The molecule has 100 valence electrons. The van der Waals surface area contributed by atoms with Crippen LogP contribution in [0.1, 0.15) is 34.0 Å². The number of amides is 1. The van der Waals surface area contributed by atoms with Gasteiger partial charge in [-0.2, -0.15) is 0 Å². The monoisotopic (exact) mass is 269 g/mol. The maximum Gasteiger partial charge on any atom is 0.308 e. The zero-order valence-corrected chi connectivity index (χ0v) is 12.0. The van der Waals surface area contributed by atoms with Gasteiger partial charge < -0.3 is 10.0 Å². The number of hydrogen-bond donors (Lipinski definition) is 1. The lowest BCUT2D eigenvalue weighted by Crippen LogP contribution is -2.33. The van der Waals surface area contributed by atoms with Crippen LogP contribution in [0, 0.1) is 12.8 Å². The summed E-state index contributed by atoms with van der Waals surface area (Å²) in [6.07, 6.45) is 0.908. The van der Waals surface area contributed by atoms with Gasteiger partial charge in [0.1, 0.15) is 0 Å². The molecule has 0 unspecified atom stereocenters. The van der Waals surface area contributed by atoms with E-state index in [1.54, 1.807) is 14.0 Å². The summed E-state index contributed by atoms with van der Waals surface area (Å²) in [5, 5.41) is 8.83. The molecule has 1 N–H and O–H groups in total. The summed E-state index contributed by atoms with van der Waals surface area (Å²) in [5.41, 5.74) is 1.18. The number of aryl methyl sites for hydroxylation is 2. The Labute approximate surface area is 111 Å². The van der Waals surface area contributed by atoms with Crippen LogP contribution in [-0.2, 0) is 11.2 Å². The first kappa shape index (κ1) is 14.7. The number of hydrogen-bond acceptors (Lipinski definition) is 3. The van der Waals surface area contributed by atoms with Crippen LogP contribution >= 0.6 is 11.3 Å². The van der Waals surface area contributed by atoms with Crippen LogP contribution in [0.15, 0.2) is 6.07 Å². The highest BCUT2D eigenvalue weighted by Crippen LogP contribution is 2.23. The first-order valence-electron chi connectivity index (χ1n) is 5.94. The molecule has 1 amide bonds. The third-order valence-electron chi connectivity index (χ3n) is 2.93. The lowest BCUT2D eigenvalue weighted by molar-refractivity contribution is -0.141. The second kappa shape index (κ2) is 6.00. The van der Waals surface area contributed by atoms with E-state index < -0.39 is 11.9 Å². The highest BCUT2D eigenvalue weighted by atomic mass is 32.1. The van der Waals surface area contributed by atoms with E-state index in [-0.39, 0.29) is 12.5 Å². The Morgan fingerprint density at radius 2 is 2.11 bits per heavy atom.